The second-order valence-electron chi connectivity index (χ2n) is 8.29. The number of morpholine rings is 2. The number of hydrogen-bond donors (Lipinski definition) is 0. The molecule has 0 aromatic rings. The molecule has 0 aromatic heterocycles. The number of nitrogens with zero attached hydrogens (tertiary/aromatic N) is 3. The number of piperidine rings is 1. The van der Waals surface area contributed by atoms with Gasteiger partial charge in [-0.1, -0.05) is 0 Å². The summed E-state index contributed by atoms with van der Waals surface area (Å²) in [7, 11) is 0. The van der Waals surface area contributed by atoms with Crippen molar-refractivity contribution in [2.45, 2.75) is 38.9 Å². The Labute approximate surface area is 173 Å². The third kappa shape index (κ3) is 6.61. The fraction of sp³-hybridized carbons (Fsp3) is 0.900. The SMILES string of the molecule is CC1CN(CC2CCN(C(=O)CSCC(=O)N3CCOCC3)CC2)CC(C)O1. The summed E-state index contributed by atoms with van der Waals surface area (Å²) in [5, 5.41) is 0. The molecule has 0 aliphatic carbocycles. The first kappa shape index (κ1) is 21.9. The first-order chi connectivity index (χ1) is 13.5. The van der Waals surface area contributed by atoms with Crippen molar-refractivity contribution in [3.05, 3.63) is 0 Å². The number of likely N-dealkylation sites (tertiary alicyclic amines) is 1. The number of amides is 2. The normalized spacial score (nSPS) is 27.8. The lowest BCUT2D eigenvalue weighted by Crippen LogP contribution is -2.49. The summed E-state index contributed by atoms with van der Waals surface area (Å²) in [4.78, 5) is 31.0. The monoisotopic (exact) mass is 413 g/mol. The smallest absolute Gasteiger partial charge is 0.232 e. The second-order valence-corrected chi connectivity index (χ2v) is 9.27. The molecular formula is C20H35N3O4S. The van der Waals surface area contributed by atoms with Crippen LogP contribution in [0.5, 0.6) is 0 Å². The van der Waals surface area contributed by atoms with E-state index in [2.05, 4.69) is 18.7 Å². The molecule has 8 heteroatoms. The molecule has 2 atom stereocenters. The van der Waals surface area contributed by atoms with Crippen molar-refractivity contribution in [3.63, 3.8) is 0 Å². The number of ether oxygens (including phenoxy) is 2. The number of thioether (sulfide) groups is 1. The molecule has 7 nitrogen and oxygen atoms in total. The van der Waals surface area contributed by atoms with E-state index in [0.29, 0.717) is 55.9 Å². The van der Waals surface area contributed by atoms with Gasteiger partial charge in [0.2, 0.25) is 11.8 Å². The van der Waals surface area contributed by atoms with E-state index in [1.54, 1.807) is 0 Å². The van der Waals surface area contributed by atoms with E-state index in [1.165, 1.54) is 11.8 Å². The predicted octanol–water partition coefficient (Wildman–Crippen LogP) is 0.926. The van der Waals surface area contributed by atoms with Gasteiger partial charge in [-0.15, -0.1) is 11.8 Å². The van der Waals surface area contributed by atoms with Gasteiger partial charge in [0.1, 0.15) is 0 Å². The summed E-state index contributed by atoms with van der Waals surface area (Å²) < 4.78 is 11.1. The van der Waals surface area contributed by atoms with Crippen LogP contribution in [-0.4, -0.2) is 109 Å². The van der Waals surface area contributed by atoms with Crippen molar-refractivity contribution in [2.24, 2.45) is 5.92 Å². The zero-order valence-electron chi connectivity index (χ0n) is 17.3. The molecule has 2 amide bonds. The van der Waals surface area contributed by atoms with Gasteiger partial charge in [0, 0.05) is 45.8 Å². The van der Waals surface area contributed by atoms with Crippen LogP contribution in [0.4, 0.5) is 0 Å². The summed E-state index contributed by atoms with van der Waals surface area (Å²) in [5.74, 6) is 1.74. The highest BCUT2D eigenvalue weighted by atomic mass is 32.2. The number of carbonyl (C=O) groups is 2. The molecule has 0 aromatic carbocycles. The lowest BCUT2D eigenvalue weighted by atomic mass is 9.95. The average Bonchev–Trinajstić information content (AvgIpc) is 2.68. The highest BCUT2D eigenvalue weighted by Crippen LogP contribution is 2.21. The Hall–Kier alpha value is -0.830. The molecule has 3 rings (SSSR count). The van der Waals surface area contributed by atoms with Crippen molar-refractivity contribution in [1.29, 1.82) is 0 Å². The minimum Gasteiger partial charge on any atom is -0.378 e. The minimum atomic E-state index is 0.119. The number of carbonyl (C=O) groups excluding carboxylic acids is 2. The maximum absolute atomic E-state index is 12.5. The van der Waals surface area contributed by atoms with Gasteiger partial charge in [-0.3, -0.25) is 14.5 Å². The van der Waals surface area contributed by atoms with Crippen LogP contribution in [0, 0.1) is 5.92 Å². The molecule has 0 radical (unpaired) electrons. The second kappa shape index (κ2) is 10.8. The third-order valence-electron chi connectivity index (χ3n) is 5.79. The van der Waals surface area contributed by atoms with E-state index < -0.39 is 0 Å². The molecule has 3 aliphatic rings. The summed E-state index contributed by atoms with van der Waals surface area (Å²) in [6.07, 6.45) is 2.76. The van der Waals surface area contributed by atoms with E-state index in [1.807, 2.05) is 9.80 Å². The highest BCUT2D eigenvalue weighted by Gasteiger charge is 2.28. The molecule has 0 bridgehead atoms. The van der Waals surface area contributed by atoms with Gasteiger partial charge in [-0.25, -0.2) is 0 Å². The summed E-state index contributed by atoms with van der Waals surface area (Å²) in [5.41, 5.74) is 0. The molecule has 3 heterocycles. The molecule has 0 saturated carbocycles. The van der Waals surface area contributed by atoms with E-state index in [9.17, 15) is 9.59 Å². The average molecular weight is 414 g/mol. The molecule has 28 heavy (non-hydrogen) atoms. The van der Waals surface area contributed by atoms with E-state index in [4.69, 9.17) is 9.47 Å². The predicted molar refractivity (Wildman–Crippen MR) is 110 cm³/mol. The summed E-state index contributed by atoms with van der Waals surface area (Å²) >= 11 is 1.44. The van der Waals surface area contributed by atoms with Gasteiger partial charge in [0.15, 0.2) is 0 Å². The largest absolute Gasteiger partial charge is 0.378 e. The van der Waals surface area contributed by atoms with Crippen LogP contribution in [0.25, 0.3) is 0 Å². The van der Waals surface area contributed by atoms with Crippen molar-refractivity contribution in [3.8, 4) is 0 Å². The molecule has 3 fully saturated rings. The van der Waals surface area contributed by atoms with Crippen LogP contribution >= 0.6 is 11.8 Å². The fourth-order valence-corrected chi connectivity index (χ4v) is 5.20. The van der Waals surface area contributed by atoms with Crippen LogP contribution in [0.3, 0.4) is 0 Å². The Balaban J connectivity index is 1.30. The first-order valence-corrected chi connectivity index (χ1v) is 11.8. The van der Waals surface area contributed by atoms with E-state index >= 15 is 0 Å². The zero-order chi connectivity index (χ0) is 19.9. The van der Waals surface area contributed by atoms with Crippen molar-refractivity contribution < 1.29 is 19.1 Å². The maximum Gasteiger partial charge on any atom is 0.232 e. The first-order valence-electron chi connectivity index (χ1n) is 10.6. The summed E-state index contributed by atoms with van der Waals surface area (Å²) in [6, 6.07) is 0. The van der Waals surface area contributed by atoms with E-state index in [0.717, 1.165) is 45.6 Å². The summed E-state index contributed by atoms with van der Waals surface area (Å²) in [6.45, 7) is 11.7. The van der Waals surface area contributed by atoms with Crippen LogP contribution < -0.4 is 0 Å². The molecule has 160 valence electrons. The Kier molecular flexibility index (Phi) is 8.44. The van der Waals surface area contributed by atoms with Crippen LogP contribution in [0.1, 0.15) is 26.7 Å². The van der Waals surface area contributed by atoms with Crippen LogP contribution in [0.2, 0.25) is 0 Å². The third-order valence-corrected chi connectivity index (χ3v) is 6.70. The Morgan fingerprint density at radius 1 is 0.893 bits per heavy atom. The Morgan fingerprint density at radius 2 is 1.43 bits per heavy atom. The van der Waals surface area contributed by atoms with E-state index in [-0.39, 0.29) is 11.8 Å². The van der Waals surface area contributed by atoms with Gasteiger partial charge >= 0.3 is 0 Å². The van der Waals surface area contributed by atoms with Crippen molar-refractivity contribution >= 4 is 23.6 Å². The van der Waals surface area contributed by atoms with Crippen molar-refractivity contribution in [2.75, 3.05) is 70.5 Å². The van der Waals surface area contributed by atoms with Gasteiger partial charge < -0.3 is 19.3 Å². The zero-order valence-corrected chi connectivity index (χ0v) is 18.1. The van der Waals surface area contributed by atoms with Gasteiger partial charge in [0.25, 0.3) is 0 Å². The minimum absolute atomic E-state index is 0.119. The lowest BCUT2D eigenvalue weighted by molar-refractivity contribution is -0.132. The number of hydrogen-bond acceptors (Lipinski definition) is 6. The molecule has 0 spiro atoms. The Bertz CT molecular complexity index is 512. The van der Waals surface area contributed by atoms with Gasteiger partial charge in [-0.05, 0) is 32.6 Å². The topological polar surface area (TPSA) is 62.3 Å². The molecule has 0 N–H and O–H groups in total. The molecular weight excluding hydrogens is 378 g/mol. The fourth-order valence-electron chi connectivity index (χ4n) is 4.38. The molecule has 3 aliphatic heterocycles. The van der Waals surface area contributed by atoms with Gasteiger partial charge in [0.05, 0.1) is 36.9 Å². The number of rotatable bonds is 6. The molecule has 2 unspecified atom stereocenters. The maximum atomic E-state index is 12.5. The Morgan fingerprint density at radius 3 is 2.00 bits per heavy atom. The van der Waals surface area contributed by atoms with Crippen molar-refractivity contribution in [1.82, 2.24) is 14.7 Å². The quantitative estimate of drug-likeness (QED) is 0.646. The lowest BCUT2D eigenvalue weighted by Gasteiger charge is -2.39. The molecule has 3 saturated heterocycles. The van der Waals surface area contributed by atoms with Gasteiger partial charge in [-0.2, -0.15) is 0 Å². The van der Waals surface area contributed by atoms with Crippen LogP contribution in [0.15, 0.2) is 0 Å². The standard InChI is InChI=1S/C20H35N3O4S/c1-16-11-21(12-17(2)27-16)13-18-3-5-22(6-4-18)19(24)14-28-15-20(25)23-7-9-26-10-8-23/h16-18H,3-15H2,1-2H3. The highest BCUT2D eigenvalue weighted by molar-refractivity contribution is 8.00. The van der Waals surface area contributed by atoms with Crippen LogP contribution in [-0.2, 0) is 19.1 Å².